The van der Waals surface area contributed by atoms with Crippen molar-refractivity contribution in [3.63, 3.8) is 0 Å². The van der Waals surface area contributed by atoms with Crippen LogP contribution in [0.1, 0.15) is 19.3 Å². The van der Waals surface area contributed by atoms with Crippen molar-refractivity contribution in [2.45, 2.75) is 31.3 Å². The molecule has 1 heterocycles. The molecular weight excluding hydrogens is 214 g/mol. The van der Waals surface area contributed by atoms with E-state index in [-0.39, 0.29) is 0 Å². The SMILES string of the molecule is CNC(CCCOC)C1CN(C)CCCN1C. The van der Waals surface area contributed by atoms with Crippen LogP contribution in [-0.2, 0) is 4.74 Å². The second kappa shape index (κ2) is 8.03. The highest BCUT2D eigenvalue weighted by Gasteiger charge is 2.26. The Morgan fingerprint density at radius 3 is 2.76 bits per heavy atom. The zero-order chi connectivity index (χ0) is 12.7. The van der Waals surface area contributed by atoms with Crippen molar-refractivity contribution in [1.29, 1.82) is 0 Å². The maximum atomic E-state index is 5.14. The first-order valence-electron chi connectivity index (χ1n) is 6.74. The molecule has 4 nitrogen and oxygen atoms in total. The Bertz CT molecular complexity index is 201. The first kappa shape index (κ1) is 14.9. The molecule has 4 heteroatoms. The zero-order valence-electron chi connectivity index (χ0n) is 11.9. The van der Waals surface area contributed by atoms with E-state index in [2.05, 4.69) is 36.3 Å². The fourth-order valence-electron chi connectivity index (χ4n) is 2.72. The van der Waals surface area contributed by atoms with Crippen LogP contribution in [0.5, 0.6) is 0 Å². The lowest BCUT2D eigenvalue weighted by atomic mass is 10.0. The second-order valence-corrected chi connectivity index (χ2v) is 5.19. The fraction of sp³-hybridized carbons (Fsp3) is 1.00. The van der Waals surface area contributed by atoms with Crippen molar-refractivity contribution in [2.24, 2.45) is 0 Å². The van der Waals surface area contributed by atoms with Crippen molar-refractivity contribution in [3.8, 4) is 0 Å². The van der Waals surface area contributed by atoms with Crippen molar-refractivity contribution in [2.75, 3.05) is 54.5 Å². The van der Waals surface area contributed by atoms with Crippen LogP contribution < -0.4 is 5.32 Å². The predicted octanol–water partition coefficient (Wildman–Crippen LogP) is 0.637. The standard InChI is InChI=1S/C13H29N3O/c1-14-12(7-5-10-17-4)13-11-15(2)8-6-9-16(13)3/h12-14H,5-11H2,1-4H3. The summed E-state index contributed by atoms with van der Waals surface area (Å²) in [7, 11) is 8.34. The van der Waals surface area contributed by atoms with Crippen LogP contribution in [0.15, 0.2) is 0 Å². The molecule has 0 aromatic heterocycles. The van der Waals surface area contributed by atoms with Gasteiger partial charge in [-0.15, -0.1) is 0 Å². The summed E-state index contributed by atoms with van der Waals surface area (Å²) in [6.07, 6.45) is 3.60. The lowest BCUT2D eigenvalue weighted by molar-refractivity contribution is 0.155. The Morgan fingerprint density at radius 1 is 1.35 bits per heavy atom. The van der Waals surface area contributed by atoms with Gasteiger partial charge in [0.25, 0.3) is 0 Å². The van der Waals surface area contributed by atoms with Gasteiger partial charge in [0.05, 0.1) is 0 Å². The van der Waals surface area contributed by atoms with E-state index in [1.807, 2.05) is 0 Å². The Labute approximate surface area is 106 Å². The molecular formula is C13H29N3O. The molecule has 1 fully saturated rings. The van der Waals surface area contributed by atoms with E-state index in [1.165, 1.54) is 25.9 Å². The van der Waals surface area contributed by atoms with Crippen LogP contribution >= 0.6 is 0 Å². The number of nitrogens with one attached hydrogen (secondary N) is 1. The minimum atomic E-state index is 0.565. The molecule has 0 aromatic carbocycles. The molecule has 0 amide bonds. The average Bonchev–Trinajstić information content (AvgIpc) is 2.47. The molecule has 1 aliphatic heterocycles. The summed E-state index contributed by atoms with van der Waals surface area (Å²) in [5, 5.41) is 3.49. The largest absolute Gasteiger partial charge is 0.385 e. The van der Waals surface area contributed by atoms with Crippen molar-refractivity contribution in [3.05, 3.63) is 0 Å². The van der Waals surface area contributed by atoms with Gasteiger partial charge >= 0.3 is 0 Å². The molecule has 0 aromatic rings. The highest BCUT2D eigenvalue weighted by atomic mass is 16.5. The summed E-state index contributed by atoms with van der Waals surface area (Å²) in [4.78, 5) is 4.96. The average molecular weight is 243 g/mol. The Balaban J connectivity index is 2.50. The van der Waals surface area contributed by atoms with Gasteiger partial charge < -0.3 is 19.9 Å². The summed E-state index contributed by atoms with van der Waals surface area (Å²) in [5.74, 6) is 0. The van der Waals surface area contributed by atoms with E-state index in [4.69, 9.17) is 4.74 Å². The van der Waals surface area contributed by atoms with E-state index in [1.54, 1.807) is 7.11 Å². The number of nitrogens with zero attached hydrogens (tertiary/aromatic N) is 2. The second-order valence-electron chi connectivity index (χ2n) is 5.19. The smallest absolute Gasteiger partial charge is 0.0462 e. The molecule has 102 valence electrons. The van der Waals surface area contributed by atoms with Crippen LogP contribution in [0, 0.1) is 0 Å². The van der Waals surface area contributed by atoms with Gasteiger partial charge in [0, 0.05) is 32.3 Å². The summed E-state index contributed by atoms with van der Waals surface area (Å²) in [6.45, 7) is 4.45. The van der Waals surface area contributed by atoms with Gasteiger partial charge in [-0.2, -0.15) is 0 Å². The maximum absolute atomic E-state index is 5.14. The fourth-order valence-corrected chi connectivity index (χ4v) is 2.72. The molecule has 0 aliphatic carbocycles. The van der Waals surface area contributed by atoms with Crippen LogP contribution in [-0.4, -0.2) is 76.4 Å². The van der Waals surface area contributed by atoms with E-state index in [0.29, 0.717) is 12.1 Å². The highest BCUT2D eigenvalue weighted by molar-refractivity contribution is 4.86. The minimum absolute atomic E-state index is 0.565. The van der Waals surface area contributed by atoms with Gasteiger partial charge in [0.15, 0.2) is 0 Å². The summed E-state index contributed by atoms with van der Waals surface area (Å²) in [6, 6.07) is 1.18. The Kier molecular flexibility index (Phi) is 7.04. The summed E-state index contributed by atoms with van der Waals surface area (Å²) in [5.41, 5.74) is 0. The van der Waals surface area contributed by atoms with Crippen molar-refractivity contribution >= 4 is 0 Å². The molecule has 2 atom stereocenters. The van der Waals surface area contributed by atoms with E-state index >= 15 is 0 Å². The maximum Gasteiger partial charge on any atom is 0.0462 e. The molecule has 0 saturated carbocycles. The predicted molar refractivity (Wildman–Crippen MR) is 72.5 cm³/mol. The van der Waals surface area contributed by atoms with Gasteiger partial charge in [0.1, 0.15) is 0 Å². The van der Waals surface area contributed by atoms with E-state index in [9.17, 15) is 0 Å². The lowest BCUT2D eigenvalue weighted by Crippen LogP contribution is -2.51. The highest BCUT2D eigenvalue weighted by Crippen LogP contribution is 2.13. The molecule has 0 bridgehead atoms. The van der Waals surface area contributed by atoms with Crippen LogP contribution in [0.25, 0.3) is 0 Å². The number of likely N-dealkylation sites (N-methyl/N-ethyl adjacent to an activating group) is 3. The van der Waals surface area contributed by atoms with Crippen molar-refractivity contribution in [1.82, 2.24) is 15.1 Å². The number of hydrogen-bond donors (Lipinski definition) is 1. The Hall–Kier alpha value is -0.160. The third-order valence-corrected chi connectivity index (χ3v) is 3.81. The first-order valence-corrected chi connectivity index (χ1v) is 6.74. The van der Waals surface area contributed by atoms with Crippen LogP contribution in [0.4, 0.5) is 0 Å². The molecule has 1 saturated heterocycles. The Morgan fingerprint density at radius 2 is 2.12 bits per heavy atom. The molecule has 1 rings (SSSR count). The van der Waals surface area contributed by atoms with Gasteiger partial charge in [-0.1, -0.05) is 0 Å². The molecule has 1 N–H and O–H groups in total. The lowest BCUT2D eigenvalue weighted by Gasteiger charge is -2.34. The van der Waals surface area contributed by atoms with Crippen LogP contribution in [0.3, 0.4) is 0 Å². The third-order valence-electron chi connectivity index (χ3n) is 3.81. The molecule has 2 unspecified atom stereocenters. The van der Waals surface area contributed by atoms with Crippen molar-refractivity contribution < 1.29 is 4.74 Å². The van der Waals surface area contributed by atoms with Gasteiger partial charge in [-0.05, 0) is 53.5 Å². The third kappa shape index (κ3) is 4.92. The zero-order valence-corrected chi connectivity index (χ0v) is 11.9. The minimum Gasteiger partial charge on any atom is -0.385 e. The summed E-state index contributed by atoms with van der Waals surface area (Å²) >= 11 is 0. The molecule has 1 aliphatic rings. The number of methoxy groups -OCH3 is 1. The van der Waals surface area contributed by atoms with E-state index < -0.39 is 0 Å². The van der Waals surface area contributed by atoms with Gasteiger partial charge in [0.2, 0.25) is 0 Å². The van der Waals surface area contributed by atoms with Crippen LogP contribution in [0.2, 0.25) is 0 Å². The first-order chi connectivity index (χ1) is 8.19. The molecule has 0 radical (unpaired) electrons. The van der Waals surface area contributed by atoms with Gasteiger partial charge in [-0.3, -0.25) is 0 Å². The quantitative estimate of drug-likeness (QED) is 0.693. The normalized spacial score (nSPS) is 25.8. The topological polar surface area (TPSA) is 27.7 Å². The molecule has 0 spiro atoms. The summed E-state index contributed by atoms with van der Waals surface area (Å²) < 4.78 is 5.14. The van der Waals surface area contributed by atoms with E-state index in [0.717, 1.165) is 19.6 Å². The number of rotatable bonds is 6. The monoisotopic (exact) mass is 243 g/mol. The molecule has 17 heavy (non-hydrogen) atoms. The number of hydrogen-bond acceptors (Lipinski definition) is 4. The van der Waals surface area contributed by atoms with Gasteiger partial charge in [-0.25, -0.2) is 0 Å². The number of ether oxygens (including phenoxy) is 1.